The summed E-state index contributed by atoms with van der Waals surface area (Å²) in [6, 6.07) is 5.11. The molecule has 2 heterocycles. The molecule has 0 spiro atoms. The van der Waals surface area contributed by atoms with E-state index >= 15 is 0 Å². The Kier molecular flexibility index (Phi) is 2.19. The lowest BCUT2D eigenvalue weighted by Crippen LogP contribution is -2.29. The second kappa shape index (κ2) is 3.73. The van der Waals surface area contributed by atoms with Crippen LogP contribution in [0.25, 0.3) is 11.4 Å². The number of likely N-dealkylation sites (N-methyl/N-ethyl adjacent to an activating group) is 1. The Morgan fingerprint density at radius 2 is 2.17 bits per heavy atom. The van der Waals surface area contributed by atoms with Gasteiger partial charge in [-0.1, -0.05) is 0 Å². The zero-order valence-corrected chi connectivity index (χ0v) is 9.54. The van der Waals surface area contributed by atoms with Crippen molar-refractivity contribution >= 4 is 17.4 Å². The summed E-state index contributed by atoms with van der Waals surface area (Å²) in [5.74, 6) is -0.581. The summed E-state index contributed by atoms with van der Waals surface area (Å²) in [5.41, 5.74) is 1.69. The van der Waals surface area contributed by atoms with Gasteiger partial charge in [0.15, 0.2) is 0 Å². The number of carbonyl (C=O) groups is 2. The number of fused-ring (bicyclic) bond motifs is 1. The molecule has 3 rings (SSSR count). The molecule has 7 heteroatoms. The molecule has 0 radical (unpaired) electrons. The molecule has 2 aromatic rings. The van der Waals surface area contributed by atoms with Gasteiger partial charge in [-0.05, 0) is 30.3 Å². The van der Waals surface area contributed by atoms with Gasteiger partial charge in [0.25, 0.3) is 11.7 Å². The number of H-pyrrole nitrogens is 1. The number of aromatic amines is 1. The first-order chi connectivity index (χ1) is 8.72. The number of rotatable bonds is 2. The second-order valence-electron chi connectivity index (χ2n) is 3.85. The topological polar surface area (TPSA) is 91.8 Å². The third-order valence-corrected chi connectivity index (χ3v) is 2.89. The zero-order chi connectivity index (χ0) is 12.7. The van der Waals surface area contributed by atoms with E-state index in [9.17, 15) is 9.59 Å². The Morgan fingerprint density at radius 3 is 2.83 bits per heavy atom. The normalized spacial score (nSPS) is 14.2. The number of nitrogens with zero attached hydrogens (tertiary/aromatic N) is 4. The maximum absolute atomic E-state index is 11.8. The van der Waals surface area contributed by atoms with Gasteiger partial charge in [0, 0.05) is 12.1 Å². The lowest BCUT2D eigenvalue weighted by atomic mass is 10.1. The minimum Gasteiger partial charge on any atom is -0.305 e. The van der Waals surface area contributed by atoms with Crippen molar-refractivity contribution in [3.05, 3.63) is 23.8 Å². The standard InChI is InChI=1S/C11H9N5O2/c1-2-16-8-4-3-6(10-12-14-15-13-10)5-7(8)9(17)11(16)18/h3-5H,2H2,1H3,(H,12,13,14,15). The number of hydrogen-bond donors (Lipinski definition) is 1. The summed E-state index contributed by atoms with van der Waals surface area (Å²) in [4.78, 5) is 25.0. The van der Waals surface area contributed by atoms with Crippen molar-refractivity contribution in [2.45, 2.75) is 6.92 Å². The van der Waals surface area contributed by atoms with Gasteiger partial charge in [-0.2, -0.15) is 5.21 Å². The average Bonchev–Trinajstić information content (AvgIpc) is 2.99. The van der Waals surface area contributed by atoms with E-state index in [4.69, 9.17) is 0 Å². The monoisotopic (exact) mass is 243 g/mol. The summed E-state index contributed by atoms with van der Waals surface area (Å²) >= 11 is 0. The molecule has 7 nitrogen and oxygen atoms in total. The Hall–Kier alpha value is -2.57. The first kappa shape index (κ1) is 10.6. The molecule has 90 valence electrons. The maximum atomic E-state index is 11.8. The highest BCUT2D eigenvalue weighted by atomic mass is 16.2. The van der Waals surface area contributed by atoms with Gasteiger partial charge in [-0.25, -0.2) is 0 Å². The van der Waals surface area contributed by atoms with Crippen molar-refractivity contribution in [1.82, 2.24) is 20.6 Å². The highest BCUT2D eigenvalue weighted by molar-refractivity contribution is 6.52. The first-order valence-corrected chi connectivity index (χ1v) is 5.46. The van der Waals surface area contributed by atoms with E-state index in [1.54, 1.807) is 18.2 Å². The fourth-order valence-corrected chi connectivity index (χ4v) is 2.04. The highest BCUT2D eigenvalue weighted by Gasteiger charge is 2.35. The number of carbonyl (C=O) groups excluding carboxylic acids is 2. The SMILES string of the molecule is CCN1C(=O)C(=O)c2cc(-c3nn[nH]n3)ccc21. The van der Waals surface area contributed by atoms with Crippen LogP contribution in [0.5, 0.6) is 0 Å². The quantitative estimate of drug-likeness (QED) is 0.771. The number of Topliss-reactive ketones (excluding diaryl/α,β-unsaturated/α-hetero) is 1. The maximum Gasteiger partial charge on any atom is 0.299 e. The first-order valence-electron chi connectivity index (χ1n) is 5.46. The Balaban J connectivity index is 2.13. The number of aromatic nitrogens is 4. The minimum absolute atomic E-state index is 0.393. The molecular formula is C11H9N5O2. The molecular weight excluding hydrogens is 234 g/mol. The highest BCUT2D eigenvalue weighted by Crippen LogP contribution is 2.31. The van der Waals surface area contributed by atoms with E-state index < -0.39 is 11.7 Å². The molecule has 1 aromatic heterocycles. The summed E-state index contributed by atoms with van der Waals surface area (Å²) in [6.45, 7) is 2.30. The van der Waals surface area contributed by atoms with E-state index in [0.717, 1.165) is 0 Å². The van der Waals surface area contributed by atoms with Crippen LogP contribution < -0.4 is 4.90 Å². The van der Waals surface area contributed by atoms with E-state index in [-0.39, 0.29) is 0 Å². The van der Waals surface area contributed by atoms with Gasteiger partial charge in [0.05, 0.1) is 11.3 Å². The fourth-order valence-electron chi connectivity index (χ4n) is 2.04. The number of tetrazole rings is 1. The van der Waals surface area contributed by atoms with Crippen LogP contribution in [-0.2, 0) is 4.79 Å². The predicted octanol–water partition coefficient (Wildman–Crippen LogP) is 0.416. The molecule has 1 aromatic carbocycles. The lowest BCUT2D eigenvalue weighted by Gasteiger charge is -2.12. The molecule has 0 aliphatic carbocycles. The molecule has 1 aliphatic heterocycles. The van der Waals surface area contributed by atoms with Crippen LogP contribution in [0.2, 0.25) is 0 Å². The molecule has 0 unspecified atom stereocenters. The van der Waals surface area contributed by atoms with Gasteiger partial charge >= 0.3 is 0 Å². The summed E-state index contributed by atoms with van der Waals surface area (Å²) in [5, 5.41) is 13.5. The molecule has 1 aliphatic rings. The number of benzene rings is 1. The second-order valence-corrected chi connectivity index (χ2v) is 3.85. The predicted molar refractivity (Wildman–Crippen MR) is 62.0 cm³/mol. The van der Waals surface area contributed by atoms with Crippen molar-refractivity contribution in [2.24, 2.45) is 0 Å². The lowest BCUT2D eigenvalue weighted by molar-refractivity contribution is -0.114. The molecule has 18 heavy (non-hydrogen) atoms. The van der Waals surface area contributed by atoms with Crippen LogP contribution in [0.15, 0.2) is 18.2 Å². The van der Waals surface area contributed by atoms with E-state index in [2.05, 4.69) is 20.6 Å². The smallest absolute Gasteiger partial charge is 0.299 e. The van der Waals surface area contributed by atoms with Crippen LogP contribution in [0.4, 0.5) is 5.69 Å². The number of amides is 1. The summed E-state index contributed by atoms with van der Waals surface area (Å²) < 4.78 is 0. The van der Waals surface area contributed by atoms with Crippen molar-refractivity contribution in [1.29, 1.82) is 0 Å². The van der Waals surface area contributed by atoms with Crippen LogP contribution in [0, 0.1) is 0 Å². The van der Waals surface area contributed by atoms with Gasteiger partial charge in [-0.15, -0.1) is 10.2 Å². The Morgan fingerprint density at radius 1 is 1.33 bits per heavy atom. The molecule has 1 amide bonds. The average molecular weight is 243 g/mol. The van der Waals surface area contributed by atoms with Crippen molar-refractivity contribution in [2.75, 3.05) is 11.4 Å². The summed E-state index contributed by atoms with van der Waals surface area (Å²) in [7, 11) is 0. The van der Waals surface area contributed by atoms with E-state index in [0.29, 0.717) is 29.2 Å². The van der Waals surface area contributed by atoms with Crippen molar-refractivity contribution in [3.8, 4) is 11.4 Å². The molecule has 0 fully saturated rings. The van der Waals surface area contributed by atoms with Crippen LogP contribution in [0.3, 0.4) is 0 Å². The Bertz CT molecular complexity index is 635. The van der Waals surface area contributed by atoms with Crippen molar-refractivity contribution < 1.29 is 9.59 Å². The van der Waals surface area contributed by atoms with Crippen molar-refractivity contribution in [3.63, 3.8) is 0 Å². The van der Waals surface area contributed by atoms with Crippen LogP contribution in [0.1, 0.15) is 17.3 Å². The van der Waals surface area contributed by atoms with Gasteiger partial charge < -0.3 is 4.90 Å². The molecule has 0 atom stereocenters. The number of anilines is 1. The van der Waals surface area contributed by atoms with E-state index in [1.807, 2.05) is 6.92 Å². The molecule has 0 bridgehead atoms. The van der Waals surface area contributed by atoms with Crippen LogP contribution >= 0.6 is 0 Å². The summed E-state index contributed by atoms with van der Waals surface area (Å²) in [6.07, 6.45) is 0. The van der Waals surface area contributed by atoms with Gasteiger partial charge in [-0.3, -0.25) is 9.59 Å². The number of ketones is 1. The van der Waals surface area contributed by atoms with Gasteiger partial charge in [0.1, 0.15) is 0 Å². The third kappa shape index (κ3) is 1.33. The van der Waals surface area contributed by atoms with Gasteiger partial charge in [0.2, 0.25) is 5.82 Å². The molecule has 0 saturated carbocycles. The Labute approximate surface area is 102 Å². The third-order valence-electron chi connectivity index (χ3n) is 2.89. The van der Waals surface area contributed by atoms with E-state index in [1.165, 1.54) is 4.90 Å². The largest absolute Gasteiger partial charge is 0.305 e. The molecule has 1 N–H and O–H groups in total. The number of nitrogens with one attached hydrogen (secondary N) is 1. The fraction of sp³-hybridized carbons (Fsp3) is 0.182. The van der Waals surface area contributed by atoms with Crippen LogP contribution in [-0.4, -0.2) is 38.9 Å². The minimum atomic E-state index is -0.489. The zero-order valence-electron chi connectivity index (χ0n) is 9.54. The number of hydrogen-bond acceptors (Lipinski definition) is 5. The molecule has 0 saturated heterocycles.